The highest BCUT2D eigenvalue weighted by atomic mass is 16.4. The van der Waals surface area contributed by atoms with Gasteiger partial charge in [0.25, 0.3) is 5.56 Å². The zero-order valence-corrected chi connectivity index (χ0v) is 10.6. The summed E-state index contributed by atoms with van der Waals surface area (Å²) in [4.78, 5) is 47.7. The molecule has 1 aromatic heterocycles. The van der Waals surface area contributed by atoms with Crippen LogP contribution in [0.25, 0.3) is 0 Å². The normalized spacial score (nSPS) is 16.0. The van der Waals surface area contributed by atoms with E-state index in [-0.39, 0.29) is 0 Å². The Morgan fingerprint density at radius 3 is 2.15 bits per heavy atom. The maximum atomic E-state index is 11.9. The van der Waals surface area contributed by atoms with Gasteiger partial charge in [-0.1, -0.05) is 19.3 Å². The van der Waals surface area contributed by atoms with Crippen LogP contribution in [0, 0.1) is 0 Å². The fourth-order valence-corrected chi connectivity index (χ4v) is 2.65. The number of hydrogen-bond acceptors (Lipinski definition) is 4. The minimum Gasteiger partial charge on any atom is -0.477 e. The smallest absolute Gasteiger partial charge is 0.353 e. The van der Waals surface area contributed by atoms with E-state index >= 15 is 0 Å². The van der Waals surface area contributed by atoms with Gasteiger partial charge in [0, 0.05) is 6.04 Å². The third-order valence-corrected chi connectivity index (χ3v) is 3.50. The van der Waals surface area contributed by atoms with E-state index in [4.69, 9.17) is 5.11 Å². The zero-order chi connectivity index (χ0) is 14.9. The van der Waals surface area contributed by atoms with Crippen molar-refractivity contribution in [3.63, 3.8) is 0 Å². The Kier molecular flexibility index (Phi) is 3.73. The van der Waals surface area contributed by atoms with Gasteiger partial charge in [-0.3, -0.25) is 14.3 Å². The van der Waals surface area contributed by atoms with Crippen LogP contribution in [0.1, 0.15) is 59.0 Å². The van der Waals surface area contributed by atoms with Crippen molar-refractivity contribution < 1.29 is 19.8 Å². The topological polar surface area (TPSA) is 129 Å². The molecule has 0 saturated heterocycles. The largest absolute Gasteiger partial charge is 0.477 e. The second-order valence-corrected chi connectivity index (χ2v) is 4.76. The molecule has 1 aromatic rings. The van der Waals surface area contributed by atoms with Crippen molar-refractivity contribution in [3.05, 3.63) is 32.1 Å². The van der Waals surface area contributed by atoms with Crippen molar-refractivity contribution >= 4 is 11.9 Å². The Labute approximate surface area is 112 Å². The number of carboxylic acids is 2. The van der Waals surface area contributed by atoms with Crippen LogP contribution in [0.5, 0.6) is 0 Å². The van der Waals surface area contributed by atoms with E-state index in [2.05, 4.69) is 0 Å². The van der Waals surface area contributed by atoms with Crippen molar-refractivity contribution in [3.8, 4) is 0 Å². The molecule has 0 aromatic carbocycles. The standard InChI is InChI=1S/C12H14N2O6/c15-9-7(10(16)17)8(11(18)19)14(12(20)13-9)6-4-2-1-3-5-6/h6H,1-5H2,(H,16,17)(H,18,19)(H,13,15,20). The molecule has 1 aliphatic rings. The minimum absolute atomic E-state index is 0.391. The van der Waals surface area contributed by atoms with Crippen LogP contribution in [-0.4, -0.2) is 31.7 Å². The summed E-state index contributed by atoms with van der Waals surface area (Å²) in [5.41, 5.74) is -3.70. The minimum atomic E-state index is -1.66. The van der Waals surface area contributed by atoms with Gasteiger partial charge in [-0.15, -0.1) is 0 Å². The van der Waals surface area contributed by atoms with Gasteiger partial charge in [0.15, 0.2) is 11.3 Å². The van der Waals surface area contributed by atoms with Crippen molar-refractivity contribution in [2.45, 2.75) is 38.1 Å². The molecule has 1 aliphatic carbocycles. The zero-order valence-electron chi connectivity index (χ0n) is 10.6. The lowest BCUT2D eigenvalue weighted by molar-refractivity contribution is 0.0633. The van der Waals surface area contributed by atoms with E-state index in [1.807, 2.05) is 4.98 Å². The number of rotatable bonds is 3. The number of carbonyl (C=O) groups is 2. The number of carboxylic acid groups (broad SMARTS) is 2. The van der Waals surface area contributed by atoms with Gasteiger partial charge in [0.05, 0.1) is 0 Å². The van der Waals surface area contributed by atoms with E-state index in [1.54, 1.807) is 0 Å². The molecule has 0 radical (unpaired) electrons. The highest BCUT2D eigenvalue weighted by Crippen LogP contribution is 2.28. The number of aromatic amines is 1. The quantitative estimate of drug-likeness (QED) is 0.737. The molecule has 0 atom stereocenters. The van der Waals surface area contributed by atoms with Gasteiger partial charge in [-0.25, -0.2) is 14.4 Å². The molecule has 8 nitrogen and oxygen atoms in total. The van der Waals surface area contributed by atoms with Crippen LogP contribution in [-0.2, 0) is 0 Å². The van der Waals surface area contributed by atoms with Crippen LogP contribution in [0.15, 0.2) is 9.59 Å². The van der Waals surface area contributed by atoms with Crippen LogP contribution >= 0.6 is 0 Å². The highest BCUT2D eigenvalue weighted by molar-refractivity contribution is 6.00. The average Bonchev–Trinajstić information content (AvgIpc) is 2.38. The third kappa shape index (κ3) is 2.36. The number of hydrogen-bond donors (Lipinski definition) is 3. The number of nitrogens with zero attached hydrogens (tertiary/aromatic N) is 1. The first-order valence-electron chi connectivity index (χ1n) is 6.29. The summed E-state index contributed by atoms with van der Waals surface area (Å²) in [6, 6.07) is -0.391. The van der Waals surface area contributed by atoms with Gasteiger partial charge in [-0.05, 0) is 12.8 Å². The van der Waals surface area contributed by atoms with E-state index in [9.17, 15) is 24.3 Å². The maximum Gasteiger partial charge on any atom is 0.353 e. The molecule has 0 spiro atoms. The van der Waals surface area contributed by atoms with Crippen LogP contribution in [0.2, 0.25) is 0 Å². The first-order valence-corrected chi connectivity index (χ1v) is 6.29. The summed E-state index contributed by atoms with van der Waals surface area (Å²) < 4.78 is 0.909. The Hall–Kier alpha value is -2.38. The molecule has 1 saturated carbocycles. The van der Waals surface area contributed by atoms with Gasteiger partial charge in [0.2, 0.25) is 0 Å². The van der Waals surface area contributed by atoms with Crippen molar-refractivity contribution in [2.24, 2.45) is 0 Å². The Bertz CT molecular complexity index is 666. The van der Waals surface area contributed by atoms with Crippen LogP contribution in [0.3, 0.4) is 0 Å². The molecule has 8 heteroatoms. The molecule has 1 fully saturated rings. The van der Waals surface area contributed by atoms with Crippen molar-refractivity contribution in [1.29, 1.82) is 0 Å². The number of H-pyrrole nitrogens is 1. The maximum absolute atomic E-state index is 11.9. The lowest BCUT2D eigenvalue weighted by Gasteiger charge is -2.25. The van der Waals surface area contributed by atoms with Gasteiger partial charge < -0.3 is 10.2 Å². The predicted octanol–water partition coefficient (Wildman–Crippen LogP) is 0.438. The van der Waals surface area contributed by atoms with E-state index in [0.29, 0.717) is 12.8 Å². The van der Waals surface area contributed by atoms with Crippen LogP contribution in [0.4, 0.5) is 0 Å². The molecular formula is C12H14N2O6. The predicted molar refractivity (Wildman–Crippen MR) is 67.4 cm³/mol. The van der Waals surface area contributed by atoms with Crippen LogP contribution < -0.4 is 11.2 Å². The molecule has 0 amide bonds. The second kappa shape index (κ2) is 5.32. The molecule has 1 heterocycles. The van der Waals surface area contributed by atoms with E-state index in [0.717, 1.165) is 23.8 Å². The van der Waals surface area contributed by atoms with Gasteiger partial charge in [-0.2, -0.15) is 0 Å². The van der Waals surface area contributed by atoms with Gasteiger partial charge >= 0.3 is 17.6 Å². The van der Waals surface area contributed by atoms with E-state index < -0.39 is 40.5 Å². The number of nitrogens with one attached hydrogen (secondary N) is 1. The average molecular weight is 282 g/mol. The Morgan fingerprint density at radius 2 is 1.65 bits per heavy atom. The first-order chi connectivity index (χ1) is 9.43. The molecule has 0 unspecified atom stereocenters. The van der Waals surface area contributed by atoms with Crippen molar-refractivity contribution in [2.75, 3.05) is 0 Å². The molecule has 0 bridgehead atoms. The highest BCUT2D eigenvalue weighted by Gasteiger charge is 2.29. The van der Waals surface area contributed by atoms with E-state index in [1.165, 1.54) is 0 Å². The summed E-state index contributed by atoms with van der Waals surface area (Å²) >= 11 is 0. The monoisotopic (exact) mass is 282 g/mol. The molecule has 3 N–H and O–H groups in total. The Balaban J connectivity index is 2.75. The lowest BCUT2D eigenvalue weighted by atomic mass is 9.94. The number of aromatic nitrogens is 2. The lowest BCUT2D eigenvalue weighted by Crippen LogP contribution is -2.41. The SMILES string of the molecule is O=C(O)c1c(C(=O)O)n(C2CCCCC2)c(=O)[nH]c1=O. The summed E-state index contributed by atoms with van der Waals surface area (Å²) in [5, 5.41) is 18.2. The second-order valence-electron chi connectivity index (χ2n) is 4.76. The summed E-state index contributed by atoms with van der Waals surface area (Å²) in [5.74, 6) is -3.25. The molecule has 2 rings (SSSR count). The van der Waals surface area contributed by atoms with Crippen molar-refractivity contribution in [1.82, 2.24) is 9.55 Å². The number of aromatic carboxylic acids is 2. The van der Waals surface area contributed by atoms with Gasteiger partial charge in [0.1, 0.15) is 0 Å². The fourth-order valence-electron chi connectivity index (χ4n) is 2.65. The fraction of sp³-hybridized carbons (Fsp3) is 0.500. The summed E-state index contributed by atoms with van der Waals surface area (Å²) in [6.45, 7) is 0. The molecular weight excluding hydrogens is 268 g/mol. The summed E-state index contributed by atoms with van der Waals surface area (Å²) in [6.07, 6.45) is 3.83. The third-order valence-electron chi connectivity index (χ3n) is 3.50. The molecule has 20 heavy (non-hydrogen) atoms. The molecule has 108 valence electrons. The summed E-state index contributed by atoms with van der Waals surface area (Å²) in [7, 11) is 0. The Morgan fingerprint density at radius 1 is 1.05 bits per heavy atom. The molecule has 0 aliphatic heterocycles. The first kappa shape index (κ1) is 14.0.